The third kappa shape index (κ3) is 2.95. The highest BCUT2D eigenvalue weighted by Crippen LogP contribution is 2.21. The zero-order valence-electron chi connectivity index (χ0n) is 10.9. The Bertz CT molecular complexity index is 232. The Morgan fingerprint density at radius 2 is 2.19 bits per heavy atom. The number of likely N-dealkylation sites (N-methyl/N-ethyl adjacent to an activating group) is 1. The lowest BCUT2D eigenvalue weighted by Crippen LogP contribution is -2.54. The molecule has 0 saturated carbocycles. The van der Waals surface area contributed by atoms with Gasteiger partial charge in [-0.2, -0.15) is 0 Å². The fourth-order valence-corrected chi connectivity index (χ4v) is 2.58. The molecule has 0 radical (unpaired) electrons. The highest BCUT2D eigenvalue weighted by molar-refractivity contribution is 5.80. The van der Waals surface area contributed by atoms with Gasteiger partial charge in [-0.15, -0.1) is 0 Å². The van der Waals surface area contributed by atoms with Crippen molar-refractivity contribution in [3.63, 3.8) is 0 Å². The van der Waals surface area contributed by atoms with Gasteiger partial charge in [-0.25, -0.2) is 0 Å². The zero-order chi connectivity index (χ0) is 12.1. The van der Waals surface area contributed by atoms with Crippen LogP contribution in [-0.2, 0) is 4.79 Å². The molecule has 0 spiro atoms. The Balaban J connectivity index is 2.56. The van der Waals surface area contributed by atoms with Crippen molar-refractivity contribution in [2.45, 2.75) is 38.8 Å². The predicted octanol–water partition coefficient (Wildman–Crippen LogP) is 0.441. The molecule has 1 aliphatic heterocycles. The number of nitrogens with zero attached hydrogens (tertiary/aromatic N) is 1. The smallest absolute Gasteiger partial charge is 0.236 e. The van der Waals surface area contributed by atoms with E-state index in [4.69, 9.17) is 0 Å². The van der Waals surface area contributed by atoms with Crippen LogP contribution >= 0.6 is 0 Å². The SMILES string of the molecule is CCC1CN(C(C)C(=O)NC)CCC1NC. The minimum Gasteiger partial charge on any atom is -0.358 e. The van der Waals surface area contributed by atoms with E-state index in [1.807, 2.05) is 14.0 Å². The molecule has 0 aromatic heterocycles. The molecule has 0 bridgehead atoms. The molecule has 1 heterocycles. The molecule has 1 fully saturated rings. The number of piperidine rings is 1. The molecule has 4 heteroatoms. The maximum absolute atomic E-state index is 11.6. The summed E-state index contributed by atoms with van der Waals surface area (Å²) in [5.74, 6) is 0.781. The van der Waals surface area contributed by atoms with Crippen molar-refractivity contribution in [3.05, 3.63) is 0 Å². The van der Waals surface area contributed by atoms with E-state index in [-0.39, 0.29) is 11.9 Å². The van der Waals surface area contributed by atoms with E-state index in [2.05, 4.69) is 22.5 Å². The van der Waals surface area contributed by atoms with Crippen LogP contribution < -0.4 is 10.6 Å². The highest BCUT2D eigenvalue weighted by atomic mass is 16.2. The lowest BCUT2D eigenvalue weighted by molar-refractivity contribution is -0.126. The first-order valence-electron chi connectivity index (χ1n) is 6.26. The number of carbonyl (C=O) groups excluding carboxylic acids is 1. The largest absolute Gasteiger partial charge is 0.358 e. The van der Waals surface area contributed by atoms with Crippen LogP contribution in [-0.4, -0.2) is 50.1 Å². The molecule has 1 saturated heterocycles. The van der Waals surface area contributed by atoms with Crippen molar-refractivity contribution >= 4 is 5.91 Å². The molecule has 16 heavy (non-hydrogen) atoms. The maximum Gasteiger partial charge on any atom is 0.236 e. The molecule has 0 aromatic carbocycles. The average Bonchev–Trinajstić information content (AvgIpc) is 2.35. The van der Waals surface area contributed by atoms with Crippen LogP contribution in [0.25, 0.3) is 0 Å². The van der Waals surface area contributed by atoms with Crippen molar-refractivity contribution in [3.8, 4) is 0 Å². The highest BCUT2D eigenvalue weighted by Gasteiger charge is 2.31. The van der Waals surface area contributed by atoms with E-state index in [1.165, 1.54) is 6.42 Å². The van der Waals surface area contributed by atoms with E-state index in [9.17, 15) is 4.79 Å². The predicted molar refractivity (Wildman–Crippen MR) is 66.3 cm³/mol. The summed E-state index contributed by atoms with van der Waals surface area (Å²) in [7, 11) is 3.74. The number of likely N-dealkylation sites (tertiary alicyclic amines) is 1. The molecule has 1 amide bonds. The Morgan fingerprint density at radius 3 is 2.69 bits per heavy atom. The quantitative estimate of drug-likeness (QED) is 0.732. The van der Waals surface area contributed by atoms with Crippen LogP contribution in [0.5, 0.6) is 0 Å². The normalized spacial score (nSPS) is 28.8. The summed E-state index contributed by atoms with van der Waals surface area (Å²) in [5, 5.41) is 6.10. The molecule has 0 aromatic rings. The first kappa shape index (κ1) is 13.5. The van der Waals surface area contributed by atoms with Gasteiger partial charge in [0.25, 0.3) is 0 Å². The van der Waals surface area contributed by atoms with Crippen molar-refractivity contribution in [2.75, 3.05) is 27.2 Å². The van der Waals surface area contributed by atoms with Gasteiger partial charge in [0.15, 0.2) is 0 Å². The van der Waals surface area contributed by atoms with Crippen LogP contribution in [0.4, 0.5) is 0 Å². The molecule has 3 unspecified atom stereocenters. The van der Waals surface area contributed by atoms with Gasteiger partial charge in [-0.05, 0) is 26.3 Å². The maximum atomic E-state index is 11.6. The lowest BCUT2D eigenvalue weighted by Gasteiger charge is -2.40. The summed E-state index contributed by atoms with van der Waals surface area (Å²) in [5.41, 5.74) is 0. The molecular formula is C12H25N3O. The van der Waals surface area contributed by atoms with E-state index >= 15 is 0 Å². The molecule has 2 N–H and O–H groups in total. The third-order valence-electron chi connectivity index (χ3n) is 3.83. The molecule has 4 nitrogen and oxygen atoms in total. The fraction of sp³-hybridized carbons (Fsp3) is 0.917. The number of rotatable bonds is 4. The Labute approximate surface area is 98.8 Å². The van der Waals surface area contributed by atoms with Gasteiger partial charge in [0.2, 0.25) is 5.91 Å². The number of carbonyl (C=O) groups is 1. The molecule has 3 atom stereocenters. The average molecular weight is 227 g/mol. The molecule has 0 aliphatic carbocycles. The Kier molecular flexibility index (Phi) is 5.22. The second-order valence-corrected chi connectivity index (χ2v) is 4.64. The third-order valence-corrected chi connectivity index (χ3v) is 3.83. The first-order chi connectivity index (χ1) is 7.63. The summed E-state index contributed by atoms with van der Waals surface area (Å²) >= 11 is 0. The van der Waals surface area contributed by atoms with E-state index in [1.54, 1.807) is 7.05 Å². The summed E-state index contributed by atoms with van der Waals surface area (Å²) in [6.07, 6.45) is 2.30. The number of hydrogen-bond donors (Lipinski definition) is 2. The van der Waals surface area contributed by atoms with Crippen molar-refractivity contribution in [1.29, 1.82) is 0 Å². The van der Waals surface area contributed by atoms with Crippen LogP contribution in [0.1, 0.15) is 26.7 Å². The Hall–Kier alpha value is -0.610. The van der Waals surface area contributed by atoms with Gasteiger partial charge in [0.1, 0.15) is 0 Å². The minimum atomic E-state index is -0.00291. The van der Waals surface area contributed by atoms with Crippen LogP contribution in [0.2, 0.25) is 0 Å². The van der Waals surface area contributed by atoms with Gasteiger partial charge in [-0.1, -0.05) is 13.3 Å². The molecule has 1 aliphatic rings. The number of nitrogens with one attached hydrogen (secondary N) is 2. The number of hydrogen-bond acceptors (Lipinski definition) is 3. The van der Waals surface area contributed by atoms with Gasteiger partial charge in [-0.3, -0.25) is 9.69 Å². The van der Waals surface area contributed by atoms with E-state index in [0.29, 0.717) is 12.0 Å². The van der Waals surface area contributed by atoms with Gasteiger partial charge in [0.05, 0.1) is 6.04 Å². The minimum absolute atomic E-state index is 0.00291. The summed E-state index contributed by atoms with van der Waals surface area (Å²) < 4.78 is 0. The monoisotopic (exact) mass is 227 g/mol. The van der Waals surface area contributed by atoms with Gasteiger partial charge >= 0.3 is 0 Å². The second-order valence-electron chi connectivity index (χ2n) is 4.64. The van der Waals surface area contributed by atoms with Crippen LogP contribution in [0.15, 0.2) is 0 Å². The van der Waals surface area contributed by atoms with E-state index < -0.39 is 0 Å². The van der Waals surface area contributed by atoms with Gasteiger partial charge in [0, 0.05) is 26.2 Å². The van der Waals surface area contributed by atoms with Gasteiger partial charge < -0.3 is 10.6 Å². The van der Waals surface area contributed by atoms with E-state index in [0.717, 1.165) is 19.5 Å². The van der Waals surface area contributed by atoms with Crippen molar-refractivity contribution in [1.82, 2.24) is 15.5 Å². The summed E-state index contributed by atoms with van der Waals surface area (Å²) in [6, 6.07) is 0.606. The lowest BCUT2D eigenvalue weighted by atomic mass is 9.89. The number of amides is 1. The first-order valence-corrected chi connectivity index (χ1v) is 6.26. The van der Waals surface area contributed by atoms with Crippen LogP contribution in [0, 0.1) is 5.92 Å². The van der Waals surface area contributed by atoms with Crippen LogP contribution in [0.3, 0.4) is 0 Å². The standard InChI is InChI=1S/C12H25N3O/c1-5-10-8-15(7-6-11(10)13-3)9(2)12(16)14-4/h9-11,13H,5-8H2,1-4H3,(H,14,16). The molecule has 94 valence electrons. The molecular weight excluding hydrogens is 202 g/mol. The second kappa shape index (κ2) is 6.21. The zero-order valence-corrected chi connectivity index (χ0v) is 10.9. The van der Waals surface area contributed by atoms with Crippen molar-refractivity contribution < 1.29 is 4.79 Å². The van der Waals surface area contributed by atoms with Crippen molar-refractivity contribution in [2.24, 2.45) is 5.92 Å². The summed E-state index contributed by atoms with van der Waals surface area (Å²) in [6.45, 7) is 6.25. The topological polar surface area (TPSA) is 44.4 Å². The summed E-state index contributed by atoms with van der Waals surface area (Å²) in [4.78, 5) is 13.9. The fourth-order valence-electron chi connectivity index (χ4n) is 2.58. The molecule has 1 rings (SSSR count). The Morgan fingerprint density at radius 1 is 1.50 bits per heavy atom.